The molecule has 2 aromatic rings. The lowest BCUT2D eigenvalue weighted by Gasteiger charge is -2.34. The molecule has 2 N–H and O–H groups in total. The van der Waals surface area contributed by atoms with Crippen LogP contribution in [-0.4, -0.2) is 52.4 Å². The Kier molecular flexibility index (Phi) is 8.17. The number of halogens is 2. The molecule has 0 aromatic heterocycles. The second kappa shape index (κ2) is 10.5. The summed E-state index contributed by atoms with van der Waals surface area (Å²) in [5.74, 6) is 1.20. The number of aliphatic hydroxyl groups excluding tert-OH is 2. The summed E-state index contributed by atoms with van der Waals surface area (Å²) in [5.41, 5.74) is 3.23. The van der Waals surface area contributed by atoms with Crippen LogP contribution < -0.4 is 9.47 Å². The number of aryl methyl sites for hydroxylation is 3. The first-order valence-corrected chi connectivity index (χ1v) is 11.0. The van der Waals surface area contributed by atoms with Gasteiger partial charge in [-0.2, -0.15) is 0 Å². The van der Waals surface area contributed by atoms with Crippen LogP contribution >= 0.6 is 21.8 Å². The van der Waals surface area contributed by atoms with E-state index in [1.165, 1.54) is 23.3 Å². The maximum atomic E-state index is 13.3. The van der Waals surface area contributed by atoms with Crippen molar-refractivity contribution in [2.24, 2.45) is 0 Å². The smallest absolute Gasteiger partial charge is 0.126 e. The molecule has 0 radical (unpaired) electrons. The Bertz CT molecular complexity index is 830. The second-order valence-electron chi connectivity index (χ2n) is 8.34. The third-order valence-electron chi connectivity index (χ3n) is 5.89. The van der Waals surface area contributed by atoms with Crippen molar-refractivity contribution in [3.05, 3.63) is 58.9 Å². The van der Waals surface area contributed by atoms with Crippen LogP contribution in [-0.2, 0) is 12.8 Å². The number of hydrogen-bond acceptors (Lipinski definition) is 5. The van der Waals surface area contributed by atoms with E-state index in [9.17, 15) is 14.6 Å². The summed E-state index contributed by atoms with van der Waals surface area (Å²) in [4.78, 5) is 0. The zero-order valence-corrected chi connectivity index (χ0v) is 19.5. The molecule has 0 spiro atoms. The van der Waals surface area contributed by atoms with Gasteiger partial charge in [0.05, 0.1) is 0 Å². The average Bonchev–Trinajstić information content (AvgIpc) is 2.72. The molecule has 0 amide bonds. The summed E-state index contributed by atoms with van der Waals surface area (Å²) in [5, 5.41) is 21.3. The molecule has 2 aliphatic heterocycles. The highest BCUT2D eigenvalue weighted by Crippen LogP contribution is 2.31. The summed E-state index contributed by atoms with van der Waals surface area (Å²) in [7, 11) is 2.57. The molecule has 31 heavy (non-hydrogen) atoms. The van der Waals surface area contributed by atoms with E-state index in [1.807, 2.05) is 16.8 Å². The van der Waals surface area contributed by atoms with Gasteiger partial charge in [0, 0.05) is 13.1 Å². The van der Waals surface area contributed by atoms with E-state index in [4.69, 9.17) is 9.47 Å². The van der Waals surface area contributed by atoms with E-state index in [0.717, 1.165) is 24.2 Å². The SMILES string of the molecule is Cc1ccc2c(c1)CC[C@H]([C@H](O)CN(P)C[C@@H](O)[C@@H]1CCc3cc(F)ccc3O1)O2.Cl. The minimum absolute atomic E-state index is 0. The molecule has 170 valence electrons. The van der Waals surface area contributed by atoms with Crippen molar-refractivity contribution in [2.75, 3.05) is 13.1 Å². The Morgan fingerprint density at radius 3 is 2.06 bits per heavy atom. The quantitative estimate of drug-likeness (QED) is 0.634. The molecule has 5 atom stereocenters. The van der Waals surface area contributed by atoms with Crippen molar-refractivity contribution in [3.63, 3.8) is 0 Å². The normalized spacial score (nSPS) is 21.7. The van der Waals surface area contributed by atoms with E-state index in [1.54, 1.807) is 6.07 Å². The molecule has 0 bridgehead atoms. The number of ether oxygens (including phenoxy) is 2. The molecule has 0 aliphatic carbocycles. The van der Waals surface area contributed by atoms with Crippen LogP contribution in [0.3, 0.4) is 0 Å². The lowest BCUT2D eigenvalue weighted by molar-refractivity contribution is -0.00755. The fraction of sp³-hybridized carbons (Fsp3) is 0.478. The van der Waals surface area contributed by atoms with Gasteiger partial charge in [-0.25, -0.2) is 4.39 Å². The maximum absolute atomic E-state index is 13.3. The van der Waals surface area contributed by atoms with Gasteiger partial charge in [-0.3, -0.25) is 4.67 Å². The Morgan fingerprint density at radius 2 is 1.48 bits per heavy atom. The first-order valence-electron chi connectivity index (χ1n) is 10.5. The fourth-order valence-electron chi connectivity index (χ4n) is 4.25. The van der Waals surface area contributed by atoms with Gasteiger partial charge >= 0.3 is 0 Å². The lowest BCUT2D eigenvalue weighted by atomic mass is 9.97. The van der Waals surface area contributed by atoms with Crippen molar-refractivity contribution in [2.45, 2.75) is 57.0 Å². The number of hydrogen-bond donors (Lipinski definition) is 2. The molecule has 5 nitrogen and oxygen atoms in total. The standard InChI is InChI=1S/C23H29FNO4P.ClH/c1-14-2-6-20-15(10-14)3-7-22(28-20)18(26)12-25(30)13-19(27)23-8-4-16-11-17(24)5-9-21(16)29-23;/h2,5-6,9-11,18-19,22-23,26-27H,3-4,7-8,12-13,30H2,1H3;1H/t18-,19-,22-,23+;/m1./s1. The molecular weight excluding hydrogens is 440 g/mol. The van der Waals surface area contributed by atoms with Gasteiger partial charge in [-0.15, -0.1) is 12.4 Å². The van der Waals surface area contributed by atoms with E-state index >= 15 is 0 Å². The van der Waals surface area contributed by atoms with Gasteiger partial charge in [-0.05, 0) is 68.0 Å². The Morgan fingerprint density at radius 1 is 0.968 bits per heavy atom. The van der Waals surface area contributed by atoms with Crippen molar-refractivity contribution >= 4 is 21.8 Å². The highest BCUT2D eigenvalue weighted by molar-refractivity contribution is 7.13. The molecule has 4 rings (SSSR count). The number of benzene rings is 2. The first kappa shape index (κ1) is 24.2. The third kappa shape index (κ3) is 5.88. The van der Waals surface area contributed by atoms with Crippen LogP contribution in [0.15, 0.2) is 36.4 Å². The first-order chi connectivity index (χ1) is 14.4. The second-order valence-corrected chi connectivity index (χ2v) is 9.07. The van der Waals surface area contributed by atoms with Gasteiger partial charge in [0.25, 0.3) is 0 Å². The summed E-state index contributed by atoms with van der Waals surface area (Å²) >= 11 is 0. The molecule has 2 aliphatic rings. The molecular formula is C23H30ClFNO4P. The number of aliphatic hydroxyl groups is 2. The molecule has 0 fully saturated rings. The van der Waals surface area contributed by atoms with Gasteiger partial charge in [0.15, 0.2) is 0 Å². The molecule has 1 unspecified atom stereocenters. The topological polar surface area (TPSA) is 62.2 Å². The van der Waals surface area contributed by atoms with Crippen LogP contribution in [0.25, 0.3) is 0 Å². The molecule has 2 aromatic carbocycles. The highest BCUT2D eigenvalue weighted by atomic mass is 35.5. The van der Waals surface area contributed by atoms with Crippen LogP contribution in [0.4, 0.5) is 4.39 Å². The van der Waals surface area contributed by atoms with Crippen molar-refractivity contribution in [1.29, 1.82) is 0 Å². The Hall–Kier alpha value is -1.43. The fourth-order valence-corrected chi connectivity index (χ4v) is 4.68. The highest BCUT2D eigenvalue weighted by Gasteiger charge is 2.30. The van der Waals surface area contributed by atoms with E-state index in [-0.39, 0.29) is 30.4 Å². The number of rotatable bonds is 6. The van der Waals surface area contributed by atoms with Gasteiger partial charge < -0.3 is 19.7 Å². The number of nitrogens with zero attached hydrogens (tertiary/aromatic N) is 1. The van der Waals surface area contributed by atoms with E-state index in [2.05, 4.69) is 22.4 Å². The maximum Gasteiger partial charge on any atom is 0.126 e. The van der Waals surface area contributed by atoms with Crippen molar-refractivity contribution in [3.8, 4) is 11.5 Å². The summed E-state index contributed by atoms with van der Waals surface area (Å²) < 4.78 is 27.1. The van der Waals surface area contributed by atoms with E-state index < -0.39 is 12.2 Å². The van der Waals surface area contributed by atoms with Crippen LogP contribution in [0.1, 0.15) is 29.5 Å². The minimum Gasteiger partial charge on any atom is -0.487 e. The Labute approximate surface area is 191 Å². The Balaban J connectivity index is 0.00000272. The van der Waals surface area contributed by atoms with Crippen molar-refractivity contribution in [1.82, 2.24) is 4.67 Å². The zero-order valence-electron chi connectivity index (χ0n) is 17.5. The third-order valence-corrected chi connectivity index (χ3v) is 6.31. The molecule has 8 heteroatoms. The molecule has 0 saturated carbocycles. The summed E-state index contributed by atoms with van der Waals surface area (Å²) in [6.45, 7) is 2.76. The van der Waals surface area contributed by atoms with Gasteiger partial charge in [0.2, 0.25) is 0 Å². The van der Waals surface area contributed by atoms with Crippen LogP contribution in [0.5, 0.6) is 11.5 Å². The minimum atomic E-state index is -0.719. The lowest BCUT2D eigenvalue weighted by Crippen LogP contribution is -2.45. The van der Waals surface area contributed by atoms with Crippen molar-refractivity contribution < 1.29 is 24.1 Å². The monoisotopic (exact) mass is 469 g/mol. The van der Waals surface area contributed by atoms with Crippen LogP contribution in [0.2, 0.25) is 0 Å². The summed E-state index contributed by atoms with van der Waals surface area (Å²) in [6.07, 6.45) is 0.927. The molecule has 2 heterocycles. The number of fused-ring (bicyclic) bond motifs is 2. The largest absolute Gasteiger partial charge is 0.487 e. The zero-order chi connectivity index (χ0) is 21.3. The predicted octanol–water partition coefficient (Wildman–Crippen LogP) is 3.46. The van der Waals surface area contributed by atoms with Gasteiger partial charge in [0.1, 0.15) is 41.7 Å². The summed E-state index contributed by atoms with van der Waals surface area (Å²) in [6, 6.07) is 10.6. The van der Waals surface area contributed by atoms with E-state index in [0.29, 0.717) is 31.7 Å². The van der Waals surface area contributed by atoms with Gasteiger partial charge in [-0.1, -0.05) is 27.1 Å². The average molecular weight is 470 g/mol. The van der Waals surface area contributed by atoms with Crippen LogP contribution in [0, 0.1) is 12.7 Å². The predicted molar refractivity (Wildman–Crippen MR) is 124 cm³/mol. The molecule has 0 saturated heterocycles.